The molecule has 1 aliphatic rings. The third kappa shape index (κ3) is 5.33. The SMILES string of the molecule is C[C@H]1CN(C(C)(C)CNC(=O)NCc2cnn(-c3ccccc3)c2)C[C@H](C)O1. The minimum Gasteiger partial charge on any atom is -0.373 e. The number of urea groups is 1. The molecule has 1 aliphatic heterocycles. The van der Waals surface area contributed by atoms with Gasteiger partial charge < -0.3 is 15.4 Å². The Hall–Kier alpha value is -2.38. The van der Waals surface area contributed by atoms with E-state index in [2.05, 4.69) is 48.3 Å². The summed E-state index contributed by atoms with van der Waals surface area (Å²) in [7, 11) is 0. The summed E-state index contributed by atoms with van der Waals surface area (Å²) in [6.45, 7) is 11.2. The van der Waals surface area contributed by atoms with E-state index in [0.29, 0.717) is 13.1 Å². The molecule has 28 heavy (non-hydrogen) atoms. The first-order chi connectivity index (χ1) is 13.3. The predicted octanol–water partition coefficient (Wildman–Crippen LogP) is 2.56. The van der Waals surface area contributed by atoms with Gasteiger partial charge in [0.05, 0.1) is 24.1 Å². The highest BCUT2D eigenvalue weighted by Crippen LogP contribution is 2.20. The molecule has 1 aromatic carbocycles. The molecule has 2 N–H and O–H groups in total. The van der Waals surface area contributed by atoms with Crippen LogP contribution in [0.5, 0.6) is 0 Å². The Kier molecular flexibility index (Phi) is 6.36. The summed E-state index contributed by atoms with van der Waals surface area (Å²) in [5, 5.41) is 10.3. The summed E-state index contributed by atoms with van der Waals surface area (Å²) in [5.41, 5.74) is 1.81. The topological polar surface area (TPSA) is 71.4 Å². The highest BCUT2D eigenvalue weighted by Gasteiger charge is 2.33. The van der Waals surface area contributed by atoms with E-state index >= 15 is 0 Å². The third-order valence-electron chi connectivity index (χ3n) is 5.07. The third-order valence-corrected chi connectivity index (χ3v) is 5.07. The molecule has 7 heteroatoms. The maximum Gasteiger partial charge on any atom is 0.315 e. The summed E-state index contributed by atoms with van der Waals surface area (Å²) < 4.78 is 7.61. The molecule has 3 rings (SSSR count). The van der Waals surface area contributed by atoms with Crippen LogP contribution in [0.3, 0.4) is 0 Å². The van der Waals surface area contributed by atoms with Crippen molar-refractivity contribution < 1.29 is 9.53 Å². The predicted molar refractivity (Wildman–Crippen MR) is 109 cm³/mol. The smallest absolute Gasteiger partial charge is 0.315 e. The molecule has 0 spiro atoms. The Morgan fingerprint density at radius 3 is 2.54 bits per heavy atom. The van der Waals surface area contributed by atoms with Crippen LogP contribution < -0.4 is 10.6 Å². The first-order valence-corrected chi connectivity index (χ1v) is 9.85. The van der Waals surface area contributed by atoms with E-state index in [4.69, 9.17) is 4.74 Å². The van der Waals surface area contributed by atoms with Crippen LogP contribution in [0.25, 0.3) is 5.69 Å². The van der Waals surface area contributed by atoms with Gasteiger partial charge in [-0.1, -0.05) is 18.2 Å². The summed E-state index contributed by atoms with van der Waals surface area (Å²) in [5.74, 6) is 0. The number of hydrogen-bond acceptors (Lipinski definition) is 4. The van der Waals surface area contributed by atoms with Crippen LogP contribution >= 0.6 is 0 Å². The number of aromatic nitrogens is 2. The van der Waals surface area contributed by atoms with E-state index in [9.17, 15) is 4.79 Å². The molecular weight excluding hydrogens is 354 g/mol. The van der Waals surface area contributed by atoms with Crippen LogP contribution in [0.1, 0.15) is 33.3 Å². The Balaban J connectivity index is 1.46. The number of nitrogens with zero attached hydrogens (tertiary/aromatic N) is 3. The van der Waals surface area contributed by atoms with Gasteiger partial charge in [-0.15, -0.1) is 0 Å². The van der Waals surface area contributed by atoms with Gasteiger partial charge in [-0.2, -0.15) is 5.10 Å². The zero-order chi connectivity index (χ0) is 20.1. The number of amides is 2. The number of morpholine rings is 1. The van der Waals surface area contributed by atoms with Gasteiger partial charge in [0.15, 0.2) is 0 Å². The van der Waals surface area contributed by atoms with Gasteiger partial charge in [0, 0.05) is 43.5 Å². The highest BCUT2D eigenvalue weighted by atomic mass is 16.5. The van der Waals surface area contributed by atoms with Crippen molar-refractivity contribution in [3.8, 4) is 5.69 Å². The number of hydrogen-bond donors (Lipinski definition) is 2. The molecule has 2 amide bonds. The van der Waals surface area contributed by atoms with Gasteiger partial charge in [0.2, 0.25) is 0 Å². The van der Waals surface area contributed by atoms with Crippen molar-refractivity contribution in [2.45, 2.75) is 52.0 Å². The molecule has 1 fully saturated rings. The van der Waals surface area contributed by atoms with Gasteiger partial charge in [0.25, 0.3) is 0 Å². The Labute approximate surface area is 167 Å². The molecule has 0 unspecified atom stereocenters. The Bertz CT molecular complexity index is 764. The van der Waals surface area contributed by atoms with Gasteiger partial charge in [0.1, 0.15) is 0 Å². The van der Waals surface area contributed by atoms with Gasteiger partial charge in [-0.25, -0.2) is 9.48 Å². The van der Waals surface area contributed by atoms with Crippen LogP contribution in [-0.4, -0.2) is 58.1 Å². The van der Waals surface area contributed by atoms with Gasteiger partial charge in [-0.3, -0.25) is 4.90 Å². The molecule has 1 aromatic heterocycles. The number of para-hydroxylation sites is 1. The van der Waals surface area contributed by atoms with Crippen LogP contribution in [0, 0.1) is 0 Å². The maximum absolute atomic E-state index is 12.3. The van der Waals surface area contributed by atoms with Gasteiger partial charge in [-0.05, 0) is 39.8 Å². The normalized spacial score (nSPS) is 20.7. The second kappa shape index (κ2) is 8.75. The van der Waals surface area contributed by atoms with Crippen molar-refractivity contribution in [2.75, 3.05) is 19.6 Å². The van der Waals surface area contributed by atoms with E-state index in [0.717, 1.165) is 24.3 Å². The monoisotopic (exact) mass is 385 g/mol. The van der Waals surface area contributed by atoms with Gasteiger partial charge >= 0.3 is 6.03 Å². The lowest BCUT2D eigenvalue weighted by molar-refractivity contribution is -0.0947. The molecule has 2 heterocycles. The molecule has 152 valence electrons. The maximum atomic E-state index is 12.3. The molecule has 7 nitrogen and oxygen atoms in total. The number of nitrogens with one attached hydrogen (secondary N) is 2. The number of carbonyl (C=O) groups excluding carboxylic acids is 1. The first kappa shape index (κ1) is 20.4. The molecule has 1 saturated heterocycles. The fraction of sp³-hybridized carbons (Fsp3) is 0.524. The van der Waals surface area contributed by atoms with Crippen molar-refractivity contribution in [2.24, 2.45) is 0 Å². The zero-order valence-electron chi connectivity index (χ0n) is 17.2. The van der Waals surface area contributed by atoms with Crippen LogP contribution in [0.2, 0.25) is 0 Å². The number of ether oxygens (including phenoxy) is 1. The van der Waals surface area contributed by atoms with Crippen LogP contribution in [-0.2, 0) is 11.3 Å². The molecule has 2 aromatic rings. The first-order valence-electron chi connectivity index (χ1n) is 9.85. The van der Waals surface area contributed by atoms with Crippen molar-refractivity contribution in [3.05, 3.63) is 48.3 Å². The van der Waals surface area contributed by atoms with E-state index < -0.39 is 0 Å². The Morgan fingerprint density at radius 2 is 1.86 bits per heavy atom. The average Bonchev–Trinajstić information content (AvgIpc) is 3.14. The van der Waals surface area contributed by atoms with E-state index in [1.807, 2.05) is 36.5 Å². The minimum atomic E-state index is -0.171. The lowest BCUT2D eigenvalue weighted by Gasteiger charge is -2.45. The second-order valence-corrected chi connectivity index (χ2v) is 8.14. The molecular formula is C21H31N5O2. The minimum absolute atomic E-state index is 0.137. The fourth-order valence-electron chi connectivity index (χ4n) is 3.50. The Morgan fingerprint density at radius 1 is 1.18 bits per heavy atom. The lowest BCUT2D eigenvalue weighted by atomic mass is 10.00. The summed E-state index contributed by atoms with van der Waals surface area (Å²) in [6, 6.07) is 9.73. The van der Waals surface area contributed by atoms with Crippen LogP contribution in [0.4, 0.5) is 4.79 Å². The van der Waals surface area contributed by atoms with Crippen molar-refractivity contribution in [1.82, 2.24) is 25.3 Å². The van der Waals surface area contributed by atoms with E-state index in [-0.39, 0.29) is 23.8 Å². The molecule has 0 saturated carbocycles. The largest absolute Gasteiger partial charge is 0.373 e. The summed E-state index contributed by atoms with van der Waals surface area (Å²) >= 11 is 0. The summed E-state index contributed by atoms with van der Waals surface area (Å²) in [4.78, 5) is 14.6. The number of rotatable bonds is 6. The second-order valence-electron chi connectivity index (χ2n) is 8.14. The van der Waals surface area contributed by atoms with E-state index in [1.54, 1.807) is 10.9 Å². The van der Waals surface area contributed by atoms with Crippen molar-refractivity contribution in [3.63, 3.8) is 0 Å². The molecule has 0 bridgehead atoms. The quantitative estimate of drug-likeness (QED) is 0.802. The molecule has 0 aliphatic carbocycles. The standard InChI is InChI=1S/C21H31N5O2/c1-16-12-25(13-17(2)28-16)21(3,4)15-23-20(27)22-10-18-11-24-26(14-18)19-8-6-5-7-9-19/h5-9,11,14,16-17H,10,12-13,15H2,1-4H3,(H2,22,23,27)/t16-,17-/m0/s1. The molecule has 2 atom stereocenters. The zero-order valence-corrected chi connectivity index (χ0v) is 17.2. The average molecular weight is 386 g/mol. The van der Waals surface area contributed by atoms with Crippen molar-refractivity contribution >= 4 is 6.03 Å². The lowest BCUT2D eigenvalue weighted by Crippen LogP contribution is -2.59. The van der Waals surface area contributed by atoms with E-state index in [1.165, 1.54) is 0 Å². The number of benzene rings is 1. The van der Waals surface area contributed by atoms with Crippen molar-refractivity contribution in [1.29, 1.82) is 0 Å². The molecule has 0 radical (unpaired) electrons. The van der Waals surface area contributed by atoms with Crippen LogP contribution in [0.15, 0.2) is 42.7 Å². The highest BCUT2D eigenvalue weighted by molar-refractivity contribution is 5.73. The number of carbonyl (C=O) groups is 1. The fourth-order valence-corrected chi connectivity index (χ4v) is 3.50. The summed E-state index contributed by atoms with van der Waals surface area (Å²) in [6.07, 6.45) is 4.11.